The van der Waals surface area contributed by atoms with E-state index >= 15 is 0 Å². The molecule has 3 aromatic rings. The van der Waals surface area contributed by atoms with E-state index in [1.54, 1.807) is 42.5 Å². The quantitative estimate of drug-likeness (QED) is 0.277. The lowest BCUT2D eigenvalue weighted by Crippen LogP contribution is -2.19. The SMILES string of the molecule is COc1cc(/C=N\NC(=O)c2ccc(N3CCCC3)cc2)ccc1OCc1cccc([N+](=O)[O-])c1. The maximum absolute atomic E-state index is 12.4. The van der Waals surface area contributed by atoms with Crippen LogP contribution < -0.4 is 19.8 Å². The van der Waals surface area contributed by atoms with Gasteiger partial charge in [0.25, 0.3) is 11.6 Å². The molecule has 0 aromatic heterocycles. The lowest BCUT2D eigenvalue weighted by atomic mass is 10.2. The highest BCUT2D eigenvalue weighted by atomic mass is 16.6. The van der Waals surface area contributed by atoms with Crippen LogP contribution in [0.15, 0.2) is 71.8 Å². The minimum absolute atomic E-state index is 0.00852. The smallest absolute Gasteiger partial charge is 0.271 e. The second-order valence-corrected chi connectivity index (χ2v) is 8.07. The first-order chi connectivity index (χ1) is 17.0. The zero-order valence-electron chi connectivity index (χ0n) is 19.3. The fourth-order valence-electron chi connectivity index (χ4n) is 3.83. The molecule has 180 valence electrons. The Hall–Kier alpha value is -4.40. The molecule has 0 bridgehead atoms. The molecule has 9 heteroatoms. The average Bonchev–Trinajstić information content (AvgIpc) is 3.43. The van der Waals surface area contributed by atoms with Crippen molar-refractivity contribution in [2.75, 3.05) is 25.1 Å². The Morgan fingerprint density at radius 2 is 1.86 bits per heavy atom. The number of non-ortho nitro benzene ring substituents is 1. The molecule has 1 saturated heterocycles. The molecule has 1 fully saturated rings. The van der Waals surface area contributed by atoms with Crippen molar-refractivity contribution in [1.29, 1.82) is 0 Å². The highest BCUT2D eigenvalue weighted by molar-refractivity contribution is 5.95. The lowest BCUT2D eigenvalue weighted by molar-refractivity contribution is -0.384. The average molecular weight is 475 g/mol. The molecule has 0 saturated carbocycles. The van der Waals surface area contributed by atoms with Gasteiger partial charge in [0.05, 0.1) is 18.2 Å². The van der Waals surface area contributed by atoms with Crippen LogP contribution in [0.5, 0.6) is 11.5 Å². The van der Waals surface area contributed by atoms with Crippen LogP contribution in [-0.2, 0) is 6.61 Å². The second kappa shape index (κ2) is 11.1. The van der Waals surface area contributed by atoms with Crippen molar-refractivity contribution >= 4 is 23.5 Å². The third-order valence-electron chi connectivity index (χ3n) is 5.68. The van der Waals surface area contributed by atoms with Crippen LogP contribution in [0, 0.1) is 10.1 Å². The minimum Gasteiger partial charge on any atom is -0.493 e. The Morgan fingerprint density at radius 1 is 1.09 bits per heavy atom. The third kappa shape index (κ3) is 6.14. The molecule has 1 amide bonds. The Labute approximate surface area is 203 Å². The number of hydrogen-bond acceptors (Lipinski definition) is 7. The van der Waals surface area contributed by atoms with Gasteiger partial charge in [-0.25, -0.2) is 5.43 Å². The first-order valence-corrected chi connectivity index (χ1v) is 11.3. The third-order valence-corrected chi connectivity index (χ3v) is 5.68. The van der Waals surface area contributed by atoms with E-state index in [-0.39, 0.29) is 18.2 Å². The number of nitrogens with zero attached hydrogens (tertiary/aromatic N) is 3. The van der Waals surface area contributed by atoms with Gasteiger partial charge < -0.3 is 14.4 Å². The van der Waals surface area contributed by atoms with E-state index in [4.69, 9.17) is 9.47 Å². The molecule has 0 aliphatic carbocycles. The molecule has 1 heterocycles. The van der Waals surface area contributed by atoms with E-state index in [1.165, 1.54) is 38.3 Å². The molecular formula is C26H26N4O5. The van der Waals surface area contributed by atoms with Crippen LogP contribution in [0.25, 0.3) is 0 Å². The summed E-state index contributed by atoms with van der Waals surface area (Å²) in [5.74, 6) is 0.666. The van der Waals surface area contributed by atoms with Crippen LogP contribution in [0.3, 0.4) is 0 Å². The van der Waals surface area contributed by atoms with Crippen molar-refractivity contribution in [1.82, 2.24) is 5.43 Å². The van der Waals surface area contributed by atoms with Crippen LogP contribution >= 0.6 is 0 Å². The van der Waals surface area contributed by atoms with Gasteiger partial charge in [-0.2, -0.15) is 5.10 Å². The predicted molar refractivity (Wildman–Crippen MR) is 133 cm³/mol. The number of hydrazone groups is 1. The van der Waals surface area contributed by atoms with Crippen molar-refractivity contribution in [3.05, 3.63) is 93.5 Å². The van der Waals surface area contributed by atoms with Gasteiger partial charge in [0.2, 0.25) is 0 Å². The van der Waals surface area contributed by atoms with E-state index in [2.05, 4.69) is 15.4 Å². The van der Waals surface area contributed by atoms with Gasteiger partial charge in [-0.1, -0.05) is 12.1 Å². The fraction of sp³-hybridized carbons (Fsp3) is 0.231. The lowest BCUT2D eigenvalue weighted by Gasteiger charge is -2.17. The molecule has 0 atom stereocenters. The van der Waals surface area contributed by atoms with Crippen LogP contribution in [0.4, 0.5) is 11.4 Å². The number of hydrogen-bond donors (Lipinski definition) is 1. The topological polar surface area (TPSA) is 106 Å². The molecule has 4 rings (SSSR count). The Balaban J connectivity index is 1.34. The molecule has 9 nitrogen and oxygen atoms in total. The van der Waals surface area contributed by atoms with Crippen LogP contribution in [-0.4, -0.2) is 37.2 Å². The molecule has 1 N–H and O–H groups in total. The molecule has 1 aliphatic heterocycles. The van der Waals surface area contributed by atoms with E-state index < -0.39 is 4.92 Å². The van der Waals surface area contributed by atoms with Crippen LogP contribution in [0.2, 0.25) is 0 Å². The number of nitro benzene ring substituents is 1. The monoisotopic (exact) mass is 474 g/mol. The van der Waals surface area contributed by atoms with Gasteiger partial charge in [-0.05, 0) is 66.4 Å². The first kappa shape index (κ1) is 23.7. The van der Waals surface area contributed by atoms with Gasteiger partial charge in [0, 0.05) is 36.5 Å². The zero-order chi connectivity index (χ0) is 24.6. The first-order valence-electron chi connectivity index (χ1n) is 11.3. The molecule has 1 aliphatic rings. The van der Waals surface area contributed by atoms with Crippen molar-refractivity contribution in [2.45, 2.75) is 19.4 Å². The summed E-state index contributed by atoms with van der Waals surface area (Å²) in [4.78, 5) is 25.2. The highest BCUT2D eigenvalue weighted by Crippen LogP contribution is 2.29. The summed E-state index contributed by atoms with van der Waals surface area (Å²) in [7, 11) is 1.52. The number of anilines is 1. The Morgan fingerprint density at radius 3 is 2.57 bits per heavy atom. The van der Waals surface area contributed by atoms with Crippen LogP contribution in [0.1, 0.15) is 34.3 Å². The number of rotatable bonds is 9. The van der Waals surface area contributed by atoms with Crippen molar-refractivity contribution in [2.24, 2.45) is 5.10 Å². The predicted octanol–water partition coefficient (Wildman–Crippen LogP) is 4.55. The van der Waals surface area contributed by atoms with Crippen molar-refractivity contribution in [3.8, 4) is 11.5 Å². The molecule has 0 spiro atoms. The summed E-state index contributed by atoms with van der Waals surface area (Å²) in [5.41, 5.74) is 5.58. The number of methoxy groups -OCH3 is 1. The van der Waals surface area contributed by atoms with Gasteiger partial charge in [-0.15, -0.1) is 0 Å². The fourth-order valence-corrected chi connectivity index (χ4v) is 3.83. The van der Waals surface area contributed by atoms with E-state index in [0.717, 1.165) is 18.8 Å². The summed E-state index contributed by atoms with van der Waals surface area (Å²) in [6.45, 7) is 2.26. The molecular weight excluding hydrogens is 448 g/mol. The summed E-state index contributed by atoms with van der Waals surface area (Å²) < 4.78 is 11.2. The number of nitrogens with one attached hydrogen (secondary N) is 1. The molecule has 3 aromatic carbocycles. The summed E-state index contributed by atoms with van der Waals surface area (Å²) in [5, 5.41) is 15.0. The van der Waals surface area contributed by atoms with Gasteiger partial charge in [0.1, 0.15) is 6.61 Å². The number of ether oxygens (including phenoxy) is 2. The second-order valence-electron chi connectivity index (χ2n) is 8.07. The zero-order valence-corrected chi connectivity index (χ0v) is 19.3. The van der Waals surface area contributed by atoms with E-state index in [9.17, 15) is 14.9 Å². The number of nitro groups is 1. The van der Waals surface area contributed by atoms with Gasteiger partial charge >= 0.3 is 0 Å². The maximum atomic E-state index is 12.4. The summed E-state index contributed by atoms with van der Waals surface area (Å²) in [6.07, 6.45) is 3.92. The number of carbonyl (C=O) groups is 1. The largest absolute Gasteiger partial charge is 0.493 e. The van der Waals surface area contributed by atoms with Crippen molar-refractivity contribution in [3.63, 3.8) is 0 Å². The minimum atomic E-state index is -0.444. The van der Waals surface area contributed by atoms with E-state index in [1.807, 2.05) is 12.1 Å². The normalized spacial score (nSPS) is 13.1. The molecule has 0 radical (unpaired) electrons. The van der Waals surface area contributed by atoms with Gasteiger partial charge in [0.15, 0.2) is 11.5 Å². The number of carbonyl (C=O) groups excluding carboxylic acids is 1. The standard InChI is InChI=1S/C26H26N4O5/c1-34-25-16-19(7-12-24(25)35-18-20-5-4-6-23(15-20)30(32)33)17-27-28-26(31)21-8-10-22(11-9-21)29-13-2-3-14-29/h4-12,15-17H,2-3,13-14,18H2,1H3,(H,28,31)/b27-17-. The summed E-state index contributed by atoms with van der Waals surface area (Å²) >= 11 is 0. The molecule has 35 heavy (non-hydrogen) atoms. The molecule has 0 unspecified atom stereocenters. The van der Waals surface area contributed by atoms with Gasteiger partial charge in [-0.3, -0.25) is 14.9 Å². The number of amides is 1. The highest BCUT2D eigenvalue weighted by Gasteiger charge is 2.13. The number of benzene rings is 3. The Bertz CT molecular complexity index is 1220. The Kier molecular flexibility index (Phi) is 7.57. The van der Waals surface area contributed by atoms with Crippen molar-refractivity contribution < 1.29 is 19.2 Å². The van der Waals surface area contributed by atoms with E-state index in [0.29, 0.717) is 28.2 Å². The summed E-state index contributed by atoms with van der Waals surface area (Å²) in [6, 6.07) is 19.0. The maximum Gasteiger partial charge on any atom is 0.271 e.